The molecule has 9 heteroatoms. The molecule has 0 saturated carbocycles. The average molecular weight is 291 g/mol. The van der Waals surface area contributed by atoms with Gasteiger partial charge in [-0.05, 0) is 10.7 Å². The Labute approximate surface area is 119 Å². The number of nitrogen functional groups attached to an aromatic ring is 1. The summed E-state index contributed by atoms with van der Waals surface area (Å²) in [6.45, 7) is 0.315. The maximum atomic E-state index is 11.7. The summed E-state index contributed by atoms with van der Waals surface area (Å²) in [6.07, 6.45) is 0.429. The Morgan fingerprint density at radius 1 is 1.48 bits per heavy atom. The van der Waals surface area contributed by atoms with Crippen LogP contribution in [0.4, 0.5) is 11.6 Å². The zero-order valence-corrected chi connectivity index (χ0v) is 11.0. The van der Waals surface area contributed by atoms with E-state index in [0.717, 1.165) is 0 Å². The molecule has 0 bridgehead atoms. The Morgan fingerprint density at radius 2 is 2.29 bits per heavy atom. The molecule has 3 N–H and O–H groups in total. The van der Waals surface area contributed by atoms with Gasteiger partial charge in [-0.1, -0.05) is 12.1 Å². The SMILES string of the molecule is Nc1noc(CCNC(=O)Cc2cccc([N+](=O)[O-])c2)n1. The minimum absolute atomic E-state index is 0.0402. The highest BCUT2D eigenvalue weighted by molar-refractivity contribution is 5.78. The van der Waals surface area contributed by atoms with Gasteiger partial charge in [0.2, 0.25) is 11.8 Å². The number of hydrogen-bond donors (Lipinski definition) is 2. The first-order chi connectivity index (χ1) is 10.0. The van der Waals surface area contributed by atoms with E-state index >= 15 is 0 Å². The van der Waals surface area contributed by atoms with Gasteiger partial charge < -0.3 is 15.6 Å². The number of nitro groups is 1. The van der Waals surface area contributed by atoms with Crippen LogP contribution in [0.2, 0.25) is 0 Å². The summed E-state index contributed by atoms with van der Waals surface area (Å²) in [5.74, 6) is 0.138. The molecular weight excluding hydrogens is 278 g/mol. The van der Waals surface area contributed by atoms with Crippen molar-refractivity contribution in [3.63, 3.8) is 0 Å². The van der Waals surface area contributed by atoms with Gasteiger partial charge in [0.05, 0.1) is 11.3 Å². The van der Waals surface area contributed by atoms with Gasteiger partial charge in [-0.2, -0.15) is 4.98 Å². The van der Waals surface area contributed by atoms with Crippen molar-refractivity contribution in [1.29, 1.82) is 0 Å². The molecule has 1 amide bonds. The first-order valence-electron chi connectivity index (χ1n) is 6.12. The molecular formula is C12H13N5O4. The van der Waals surface area contributed by atoms with E-state index in [1.54, 1.807) is 12.1 Å². The van der Waals surface area contributed by atoms with E-state index in [0.29, 0.717) is 24.4 Å². The molecule has 0 saturated heterocycles. The fraction of sp³-hybridized carbons (Fsp3) is 0.250. The van der Waals surface area contributed by atoms with Gasteiger partial charge in [-0.15, -0.1) is 0 Å². The number of amides is 1. The highest BCUT2D eigenvalue weighted by Gasteiger charge is 2.09. The van der Waals surface area contributed by atoms with Crippen molar-refractivity contribution in [2.75, 3.05) is 12.3 Å². The minimum atomic E-state index is -0.499. The Hall–Kier alpha value is -2.97. The summed E-state index contributed by atoms with van der Waals surface area (Å²) in [4.78, 5) is 25.7. The predicted octanol–water partition coefficient (Wildman–Crippen LogP) is 0.461. The van der Waals surface area contributed by atoms with Crippen molar-refractivity contribution < 1.29 is 14.2 Å². The molecule has 0 fully saturated rings. The number of rotatable bonds is 6. The molecule has 0 atom stereocenters. The smallest absolute Gasteiger partial charge is 0.269 e. The van der Waals surface area contributed by atoms with Crippen molar-refractivity contribution >= 4 is 17.5 Å². The number of anilines is 1. The quantitative estimate of drug-likeness (QED) is 0.582. The molecule has 0 radical (unpaired) electrons. The second-order valence-corrected chi connectivity index (χ2v) is 4.25. The summed E-state index contributed by atoms with van der Waals surface area (Å²) in [5, 5.41) is 16.7. The highest BCUT2D eigenvalue weighted by atomic mass is 16.6. The van der Waals surface area contributed by atoms with Crippen LogP contribution in [0.25, 0.3) is 0 Å². The Kier molecular flexibility index (Phi) is 4.44. The van der Waals surface area contributed by atoms with Crippen LogP contribution < -0.4 is 11.1 Å². The van der Waals surface area contributed by atoms with Gasteiger partial charge in [-0.25, -0.2) is 0 Å². The van der Waals surface area contributed by atoms with Crippen LogP contribution in [0.1, 0.15) is 11.5 Å². The molecule has 0 unspecified atom stereocenters. The van der Waals surface area contributed by atoms with Crippen molar-refractivity contribution in [3.8, 4) is 0 Å². The molecule has 0 aliphatic heterocycles. The van der Waals surface area contributed by atoms with Crippen molar-refractivity contribution in [3.05, 3.63) is 45.8 Å². The fourth-order valence-corrected chi connectivity index (χ4v) is 1.71. The standard InChI is InChI=1S/C12H13N5O4/c13-12-15-11(21-16-12)4-5-14-10(18)7-8-2-1-3-9(6-8)17(19)20/h1-3,6H,4-5,7H2,(H2,13,16)(H,14,18). The zero-order valence-electron chi connectivity index (χ0n) is 11.0. The number of hydrogen-bond acceptors (Lipinski definition) is 7. The fourth-order valence-electron chi connectivity index (χ4n) is 1.71. The molecule has 2 aromatic rings. The molecule has 2 rings (SSSR count). The van der Waals surface area contributed by atoms with E-state index < -0.39 is 4.92 Å². The van der Waals surface area contributed by atoms with E-state index in [1.165, 1.54) is 12.1 Å². The summed E-state index contributed by atoms with van der Waals surface area (Å²) in [7, 11) is 0. The molecule has 0 aliphatic rings. The predicted molar refractivity (Wildman–Crippen MR) is 72.2 cm³/mol. The number of nitrogens with one attached hydrogen (secondary N) is 1. The molecule has 110 valence electrons. The number of carbonyl (C=O) groups is 1. The minimum Gasteiger partial charge on any atom is -0.365 e. The third-order valence-electron chi connectivity index (χ3n) is 2.63. The van der Waals surface area contributed by atoms with Crippen LogP contribution in [0, 0.1) is 10.1 Å². The molecule has 1 aromatic carbocycles. The van der Waals surface area contributed by atoms with E-state index in [4.69, 9.17) is 10.3 Å². The number of nitrogens with two attached hydrogens (primary N) is 1. The van der Waals surface area contributed by atoms with Gasteiger partial charge in [0.25, 0.3) is 11.6 Å². The van der Waals surface area contributed by atoms with Crippen molar-refractivity contribution in [1.82, 2.24) is 15.5 Å². The van der Waals surface area contributed by atoms with Crippen molar-refractivity contribution in [2.24, 2.45) is 0 Å². The summed E-state index contributed by atoms with van der Waals surface area (Å²) < 4.78 is 4.79. The van der Waals surface area contributed by atoms with Gasteiger partial charge in [0.15, 0.2) is 0 Å². The molecule has 0 spiro atoms. The largest absolute Gasteiger partial charge is 0.365 e. The first-order valence-corrected chi connectivity index (χ1v) is 6.12. The lowest BCUT2D eigenvalue weighted by molar-refractivity contribution is -0.384. The lowest BCUT2D eigenvalue weighted by Crippen LogP contribution is -2.27. The number of benzene rings is 1. The normalized spacial score (nSPS) is 10.3. The maximum absolute atomic E-state index is 11.7. The van der Waals surface area contributed by atoms with Crippen LogP contribution in [0.15, 0.2) is 28.8 Å². The summed E-state index contributed by atoms with van der Waals surface area (Å²) >= 11 is 0. The van der Waals surface area contributed by atoms with E-state index in [2.05, 4.69) is 15.5 Å². The van der Waals surface area contributed by atoms with Gasteiger partial charge >= 0.3 is 0 Å². The van der Waals surface area contributed by atoms with Gasteiger partial charge in [-0.3, -0.25) is 14.9 Å². The van der Waals surface area contributed by atoms with Crippen molar-refractivity contribution in [2.45, 2.75) is 12.8 Å². The van der Waals surface area contributed by atoms with Crippen LogP contribution in [0.3, 0.4) is 0 Å². The van der Waals surface area contributed by atoms with E-state index in [1.807, 2.05) is 0 Å². The third kappa shape index (κ3) is 4.27. The lowest BCUT2D eigenvalue weighted by atomic mass is 10.1. The number of non-ortho nitro benzene ring substituents is 1. The number of nitrogens with zero attached hydrogens (tertiary/aromatic N) is 3. The topological polar surface area (TPSA) is 137 Å². The molecule has 1 aromatic heterocycles. The zero-order chi connectivity index (χ0) is 15.2. The van der Waals surface area contributed by atoms with Crippen LogP contribution in [-0.2, 0) is 17.6 Å². The van der Waals surface area contributed by atoms with Crippen LogP contribution >= 0.6 is 0 Å². The summed E-state index contributed by atoms with van der Waals surface area (Å²) in [5.41, 5.74) is 5.83. The highest BCUT2D eigenvalue weighted by Crippen LogP contribution is 2.13. The summed E-state index contributed by atoms with van der Waals surface area (Å²) in [6, 6.07) is 5.95. The third-order valence-corrected chi connectivity index (χ3v) is 2.63. The number of aromatic nitrogens is 2. The average Bonchev–Trinajstić information content (AvgIpc) is 2.84. The number of carbonyl (C=O) groups excluding carboxylic acids is 1. The second kappa shape index (κ2) is 6.46. The number of nitro benzene ring substituents is 1. The Morgan fingerprint density at radius 3 is 2.95 bits per heavy atom. The second-order valence-electron chi connectivity index (χ2n) is 4.25. The molecule has 1 heterocycles. The van der Waals surface area contributed by atoms with E-state index in [9.17, 15) is 14.9 Å². The molecule has 21 heavy (non-hydrogen) atoms. The lowest BCUT2D eigenvalue weighted by Gasteiger charge is -2.03. The monoisotopic (exact) mass is 291 g/mol. The maximum Gasteiger partial charge on any atom is 0.269 e. The van der Waals surface area contributed by atoms with Gasteiger partial charge in [0, 0.05) is 25.1 Å². The van der Waals surface area contributed by atoms with Gasteiger partial charge in [0.1, 0.15) is 0 Å². The van der Waals surface area contributed by atoms with E-state index in [-0.39, 0.29) is 24.0 Å². The Balaban J connectivity index is 1.81. The first kappa shape index (κ1) is 14.4. The Bertz CT molecular complexity index is 655. The molecule has 9 nitrogen and oxygen atoms in total. The van der Waals surface area contributed by atoms with Crippen LogP contribution in [0.5, 0.6) is 0 Å². The molecule has 0 aliphatic carbocycles. The van der Waals surface area contributed by atoms with Crippen LogP contribution in [-0.4, -0.2) is 27.5 Å².